The number of amides is 1. The number of nitrogens with one attached hydrogen (secondary N) is 1. The lowest BCUT2D eigenvalue weighted by Gasteiger charge is -2.32. The third-order valence-corrected chi connectivity index (χ3v) is 7.47. The van der Waals surface area contributed by atoms with Crippen molar-refractivity contribution < 1.29 is 9.59 Å². The van der Waals surface area contributed by atoms with Gasteiger partial charge in [-0.1, -0.05) is 40.9 Å². The number of halogens is 3. The Hall–Kier alpha value is -1.93. The summed E-state index contributed by atoms with van der Waals surface area (Å²) in [6, 6.07) is 5.68. The van der Waals surface area contributed by atoms with Gasteiger partial charge in [0.1, 0.15) is 6.29 Å². The Morgan fingerprint density at radius 1 is 1.09 bits per heavy atom. The molecule has 0 spiro atoms. The molecular formula is C23H26Cl3N5O2. The summed E-state index contributed by atoms with van der Waals surface area (Å²) in [5.41, 5.74) is 1.06. The number of hydrogen-bond acceptors (Lipinski definition) is 6. The first-order valence-electron chi connectivity index (χ1n) is 11.1. The fourth-order valence-corrected chi connectivity index (χ4v) is 5.13. The average molecular weight is 511 g/mol. The molecule has 33 heavy (non-hydrogen) atoms. The first kappa shape index (κ1) is 24.2. The van der Waals surface area contributed by atoms with Crippen LogP contribution in [-0.2, 0) is 9.59 Å². The number of nitrogens with zero attached hydrogens (tertiary/aromatic N) is 4. The second-order valence-electron chi connectivity index (χ2n) is 8.63. The van der Waals surface area contributed by atoms with Gasteiger partial charge in [-0.2, -0.15) is 0 Å². The Labute approximate surface area is 208 Å². The lowest BCUT2D eigenvalue weighted by atomic mass is 9.89. The van der Waals surface area contributed by atoms with Gasteiger partial charge in [0.05, 0.1) is 34.0 Å². The molecule has 0 bridgehead atoms. The topological polar surface area (TPSA) is 78.4 Å². The van der Waals surface area contributed by atoms with Crippen LogP contribution in [0, 0.1) is 11.8 Å². The van der Waals surface area contributed by atoms with Crippen molar-refractivity contribution in [1.29, 1.82) is 0 Å². The summed E-state index contributed by atoms with van der Waals surface area (Å²) in [5, 5.41) is 4.78. The molecule has 0 radical (unpaired) electrons. The molecule has 0 saturated carbocycles. The second kappa shape index (κ2) is 11.0. The Morgan fingerprint density at radius 3 is 2.48 bits per heavy atom. The van der Waals surface area contributed by atoms with Gasteiger partial charge in [-0.3, -0.25) is 9.69 Å². The molecule has 7 nitrogen and oxygen atoms in total. The Kier molecular flexibility index (Phi) is 8.07. The third kappa shape index (κ3) is 5.96. The van der Waals surface area contributed by atoms with Crippen LogP contribution < -0.4 is 5.32 Å². The first-order chi connectivity index (χ1) is 15.9. The lowest BCUT2D eigenvalue weighted by Crippen LogP contribution is -2.42. The van der Waals surface area contributed by atoms with Crippen LogP contribution in [0.3, 0.4) is 0 Å². The average Bonchev–Trinajstić information content (AvgIpc) is 3.25. The monoisotopic (exact) mass is 509 g/mol. The minimum absolute atomic E-state index is 0.00587. The molecule has 10 heteroatoms. The number of carbonyl (C=O) groups is 2. The number of aromatic nitrogens is 2. The number of hydrogen-bond donors (Lipinski definition) is 1. The third-order valence-electron chi connectivity index (χ3n) is 6.54. The van der Waals surface area contributed by atoms with Crippen molar-refractivity contribution in [3.8, 4) is 0 Å². The van der Waals surface area contributed by atoms with E-state index in [0.717, 1.165) is 37.8 Å². The van der Waals surface area contributed by atoms with Gasteiger partial charge in [0.15, 0.2) is 0 Å². The van der Waals surface area contributed by atoms with Gasteiger partial charge in [-0.25, -0.2) is 9.97 Å². The zero-order chi connectivity index (χ0) is 23.4. The number of anilines is 1. The van der Waals surface area contributed by atoms with E-state index in [1.807, 2.05) is 17.0 Å². The summed E-state index contributed by atoms with van der Waals surface area (Å²) in [4.78, 5) is 36.6. The van der Waals surface area contributed by atoms with Gasteiger partial charge in [0.2, 0.25) is 11.9 Å². The van der Waals surface area contributed by atoms with E-state index in [4.69, 9.17) is 34.8 Å². The highest BCUT2D eigenvalue weighted by Gasteiger charge is 2.39. The van der Waals surface area contributed by atoms with E-state index in [2.05, 4.69) is 20.2 Å². The first-order valence-corrected chi connectivity index (χ1v) is 12.2. The van der Waals surface area contributed by atoms with Crippen LogP contribution in [0.2, 0.25) is 15.1 Å². The molecule has 2 aromatic rings. The maximum absolute atomic E-state index is 13.4. The van der Waals surface area contributed by atoms with Crippen LogP contribution in [0.1, 0.15) is 24.3 Å². The van der Waals surface area contributed by atoms with Crippen LogP contribution in [0.25, 0.3) is 0 Å². The van der Waals surface area contributed by atoms with E-state index in [0.29, 0.717) is 47.2 Å². The SMILES string of the molecule is O=CCN1CCC(C(=O)N2CC(CNc3ncc(Cl)cn3)C(c3ccc(Cl)c(Cl)c3)C2)CC1. The van der Waals surface area contributed by atoms with Gasteiger partial charge in [0, 0.05) is 37.4 Å². The Balaban J connectivity index is 1.46. The highest BCUT2D eigenvalue weighted by molar-refractivity contribution is 6.42. The van der Waals surface area contributed by atoms with E-state index in [9.17, 15) is 9.59 Å². The zero-order valence-corrected chi connectivity index (χ0v) is 20.4. The molecule has 3 heterocycles. The maximum Gasteiger partial charge on any atom is 0.225 e. The predicted octanol–water partition coefficient (Wildman–Crippen LogP) is 4.00. The molecule has 1 N–H and O–H groups in total. The number of benzene rings is 1. The smallest absolute Gasteiger partial charge is 0.225 e. The molecule has 1 amide bonds. The summed E-state index contributed by atoms with van der Waals surface area (Å²) >= 11 is 18.3. The zero-order valence-electron chi connectivity index (χ0n) is 18.1. The van der Waals surface area contributed by atoms with E-state index in [1.54, 1.807) is 18.5 Å². The highest BCUT2D eigenvalue weighted by Crippen LogP contribution is 2.37. The second-order valence-corrected chi connectivity index (χ2v) is 9.88. The lowest BCUT2D eigenvalue weighted by molar-refractivity contribution is -0.136. The van der Waals surface area contributed by atoms with Crippen molar-refractivity contribution in [2.75, 3.05) is 44.6 Å². The number of aldehydes is 1. The molecule has 4 rings (SSSR count). The van der Waals surface area contributed by atoms with Crippen LogP contribution in [0.15, 0.2) is 30.6 Å². The minimum atomic E-state index is -0.00587. The van der Waals surface area contributed by atoms with Crippen molar-refractivity contribution in [2.24, 2.45) is 11.8 Å². The largest absolute Gasteiger partial charge is 0.354 e. The van der Waals surface area contributed by atoms with Crippen LogP contribution >= 0.6 is 34.8 Å². The maximum atomic E-state index is 13.4. The van der Waals surface area contributed by atoms with Crippen molar-refractivity contribution >= 4 is 52.9 Å². The summed E-state index contributed by atoms with van der Waals surface area (Å²) in [6.07, 6.45) is 5.58. The molecule has 2 aliphatic rings. The molecular weight excluding hydrogens is 485 g/mol. The molecule has 1 aromatic carbocycles. The molecule has 1 aromatic heterocycles. The normalized spacial score (nSPS) is 21.8. The van der Waals surface area contributed by atoms with Crippen molar-refractivity contribution in [1.82, 2.24) is 19.8 Å². The molecule has 0 aliphatic carbocycles. The molecule has 176 valence electrons. The minimum Gasteiger partial charge on any atom is -0.354 e. The van der Waals surface area contributed by atoms with Gasteiger partial charge in [-0.15, -0.1) is 0 Å². The quantitative estimate of drug-likeness (QED) is 0.567. The van der Waals surface area contributed by atoms with E-state index < -0.39 is 0 Å². The summed E-state index contributed by atoms with van der Waals surface area (Å²) in [5.74, 6) is 0.948. The summed E-state index contributed by atoms with van der Waals surface area (Å²) in [6.45, 7) is 3.85. The van der Waals surface area contributed by atoms with E-state index >= 15 is 0 Å². The van der Waals surface area contributed by atoms with Gasteiger partial charge < -0.3 is 15.0 Å². The summed E-state index contributed by atoms with van der Waals surface area (Å²) in [7, 11) is 0. The van der Waals surface area contributed by atoms with Crippen molar-refractivity contribution in [3.63, 3.8) is 0 Å². The molecule has 2 saturated heterocycles. The van der Waals surface area contributed by atoms with Crippen molar-refractivity contribution in [2.45, 2.75) is 18.8 Å². The predicted molar refractivity (Wildman–Crippen MR) is 130 cm³/mol. The molecule has 2 aliphatic heterocycles. The number of likely N-dealkylation sites (tertiary alicyclic amines) is 2. The van der Waals surface area contributed by atoms with Gasteiger partial charge >= 0.3 is 0 Å². The number of rotatable bonds is 7. The Bertz CT molecular complexity index is 983. The van der Waals surface area contributed by atoms with Gasteiger partial charge in [0.25, 0.3) is 0 Å². The van der Waals surface area contributed by atoms with Crippen LogP contribution in [0.4, 0.5) is 5.95 Å². The number of carbonyl (C=O) groups excluding carboxylic acids is 2. The number of piperidine rings is 1. The van der Waals surface area contributed by atoms with Crippen molar-refractivity contribution in [3.05, 3.63) is 51.2 Å². The van der Waals surface area contributed by atoms with Crippen LogP contribution in [0.5, 0.6) is 0 Å². The molecule has 2 unspecified atom stereocenters. The van der Waals surface area contributed by atoms with Gasteiger partial charge in [-0.05, 0) is 43.6 Å². The van der Waals surface area contributed by atoms with E-state index in [-0.39, 0.29) is 23.7 Å². The molecule has 2 fully saturated rings. The van der Waals surface area contributed by atoms with E-state index in [1.165, 1.54) is 0 Å². The van der Waals surface area contributed by atoms with Crippen LogP contribution in [-0.4, -0.2) is 71.2 Å². The molecule has 2 atom stereocenters. The fraction of sp³-hybridized carbons (Fsp3) is 0.478. The highest BCUT2D eigenvalue weighted by atomic mass is 35.5. The summed E-state index contributed by atoms with van der Waals surface area (Å²) < 4.78 is 0. The standard InChI is InChI=1S/C23H26Cl3N5O2/c24-18-11-28-23(29-12-18)27-10-17-13-31(14-19(17)16-1-2-20(25)21(26)9-16)22(33)15-3-5-30(6-4-15)7-8-32/h1-2,8-9,11-12,15,17,19H,3-7,10,13-14H2,(H,27,28,29). The Morgan fingerprint density at radius 2 is 1.82 bits per heavy atom. The fourth-order valence-electron chi connectivity index (χ4n) is 4.73.